The molecule has 0 unspecified atom stereocenters. The maximum absolute atomic E-state index is 11.6. The van der Waals surface area contributed by atoms with Crippen molar-refractivity contribution in [3.8, 4) is 10.6 Å². The van der Waals surface area contributed by atoms with Crippen molar-refractivity contribution in [3.05, 3.63) is 33.8 Å². The van der Waals surface area contributed by atoms with Gasteiger partial charge in [-0.15, -0.1) is 22.7 Å². The first-order valence-electron chi connectivity index (χ1n) is 6.47. The van der Waals surface area contributed by atoms with E-state index in [0.717, 1.165) is 22.0 Å². The molecule has 0 aliphatic rings. The molecule has 3 heterocycles. The van der Waals surface area contributed by atoms with Gasteiger partial charge in [-0.1, -0.05) is 19.9 Å². The molecular formula is C14H14N2O2S2. The van der Waals surface area contributed by atoms with E-state index in [1.54, 1.807) is 22.7 Å². The second-order valence-corrected chi connectivity index (χ2v) is 6.40. The van der Waals surface area contributed by atoms with Gasteiger partial charge in [-0.3, -0.25) is 4.40 Å². The fourth-order valence-electron chi connectivity index (χ4n) is 2.37. The number of fused-ring (bicyclic) bond motifs is 1. The summed E-state index contributed by atoms with van der Waals surface area (Å²) in [7, 11) is 0. The number of imidazole rings is 1. The van der Waals surface area contributed by atoms with E-state index in [4.69, 9.17) is 0 Å². The van der Waals surface area contributed by atoms with Crippen LogP contribution in [-0.2, 0) is 12.8 Å². The fourth-order valence-corrected chi connectivity index (χ4v) is 4.31. The Kier molecular flexibility index (Phi) is 3.35. The summed E-state index contributed by atoms with van der Waals surface area (Å²) in [5.41, 5.74) is 1.96. The van der Waals surface area contributed by atoms with Gasteiger partial charge in [0.1, 0.15) is 0 Å². The summed E-state index contributed by atoms with van der Waals surface area (Å²) in [6.45, 7) is 4.02. The molecule has 3 aromatic rings. The molecule has 3 rings (SSSR count). The Morgan fingerprint density at radius 2 is 2.20 bits per heavy atom. The van der Waals surface area contributed by atoms with Gasteiger partial charge >= 0.3 is 5.97 Å². The number of thiophene rings is 1. The lowest BCUT2D eigenvalue weighted by Gasteiger charge is -2.03. The molecule has 0 spiro atoms. The van der Waals surface area contributed by atoms with Crippen molar-refractivity contribution >= 4 is 33.6 Å². The van der Waals surface area contributed by atoms with E-state index in [0.29, 0.717) is 17.8 Å². The molecule has 0 fully saturated rings. The summed E-state index contributed by atoms with van der Waals surface area (Å²) in [5.74, 6) is -0.910. The minimum Gasteiger partial charge on any atom is -0.477 e. The number of carboxylic acids is 1. The Bertz CT molecular complexity index is 769. The van der Waals surface area contributed by atoms with Crippen LogP contribution in [0, 0.1) is 0 Å². The summed E-state index contributed by atoms with van der Waals surface area (Å²) in [6.07, 6.45) is 1.50. The summed E-state index contributed by atoms with van der Waals surface area (Å²) in [5, 5.41) is 11.5. The number of aromatic nitrogens is 2. The summed E-state index contributed by atoms with van der Waals surface area (Å²) >= 11 is 3.21. The third kappa shape index (κ3) is 1.87. The topological polar surface area (TPSA) is 54.6 Å². The van der Waals surface area contributed by atoms with E-state index in [-0.39, 0.29) is 0 Å². The second kappa shape index (κ2) is 5.03. The number of hydrogen-bond acceptors (Lipinski definition) is 4. The Labute approximate surface area is 124 Å². The van der Waals surface area contributed by atoms with Crippen LogP contribution >= 0.6 is 22.7 Å². The molecule has 4 nitrogen and oxygen atoms in total. The van der Waals surface area contributed by atoms with Gasteiger partial charge in [0.15, 0.2) is 10.7 Å². The van der Waals surface area contributed by atoms with Crippen LogP contribution in [0.5, 0.6) is 0 Å². The number of aryl methyl sites for hydroxylation is 2. The van der Waals surface area contributed by atoms with Gasteiger partial charge in [0.25, 0.3) is 0 Å². The number of carboxylic acid groups (broad SMARTS) is 1. The molecule has 1 N–H and O–H groups in total. The highest BCUT2D eigenvalue weighted by Gasteiger charge is 2.24. The monoisotopic (exact) mass is 306 g/mol. The van der Waals surface area contributed by atoms with Crippen LogP contribution in [0.25, 0.3) is 15.5 Å². The minimum atomic E-state index is -0.910. The van der Waals surface area contributed by atoms with Gasteiger partial charge in [0.05, 0.1) is 16.3 Å². The summed E-state index contributed by atoms with van der Waals surface area (Å²) in [6, 6.07) is 4.02. The van der Waals surface area contributed by atoms with E-state index in [1.807, 2.05) is 28.8 Å². The van der Waals surface area contributed by atoms with Crippen LogP contribution in [0.2, 0.25) is 0 Å². The van der Waals surface area contributed by atoms with Crippen molar-refractivity contribution in [2.45, 2.75) is 26.7 Å². The van der Waals surface area contributed by atoms with Crippen molar-refractivity contribution in [1.29, 1.82) is 0 Å². The number of thiazole rings is 1. The Morgan fingerprint density at radius 3 is 2.75 bits per heavy atom. The maximum Gasteiger partial charge on any atom is 0.354 e. The largest absolute Gasteiger partial charge is 0.477 e. The third-order valence-corrected chi connectivity index (χ3v) is 5.30. The number of rotatable bonds is 4. The van der Waals surface area contributed by atoms with E-state index >= 15 is 0 Å². The lowest BCUT2D eigenvalue weighted by atomic mass is 10.2. The van der Waals surface area contributed by atoms with Crippen molar-refractivity contribution in [3.63, 3.8) is 0 Å². The molecule has 0 radical (unpaired) electrons. The highest BCUT2D eigenvalue weighted by molar-refractivity contribution is 7.18. The number of carbonyl (C=O) groups is 1. The first-order valence-corrected chi connectivity index (χ1v) is 8.17. The molecular weight excluding hydrogens is 292 g/mol. The van der Waals surface area contributed by atoms with Crippen molar-refractivity contribution < 1.29 is 9.90 Å². The normalized spacial score (nSPS) is 11.3. The fraction of sp³-hybridized carbons (Fsp3) is 0.286. The van der Waals surface area contributed by atoms with E-state index in [1.165, 1.54) is 4.88 Å². The molecule has 0 aliphatic carbocycles. The van der Waals surface area contributed by atoms with E-state index < -0.39 is 5.97 Å². The third-order valence-electron chi connectivity index (χ3n) is 3.23. The molecule has 0 saturated carbocycles. The molecule has 3 aromatic heterocycles. The molecule has 0 atom stereocenters. The van der Waals surface area contributed by atoms with E-state index in [9.17, 15) is 9.90 Å². The lowest BCUT2D eigenvalue weighted by molar-refractivity contribution is 0.0688. The van der Waals surface area contributed by atoms with Crippen molar-refractivity contribution in [2.24, 2.45) is 0 Å². The molecule has 0 bridgehead atoms. The Balaban J connectivity index is 2.41. The Hall–Kier alpha value is -1.66. The lowest BCUT2D eigenvalue weighted by Crippen LogP contribution is -2.06. The molecule has 0 aromatic carbocycles. The summed E-state index contributed by atoms with van der Waals surface area (Å²) < 4.78 is 1.82. The van der Waals surface area contributed by atoms with Gasteiger partial charge in [0, 0.05) is 4.88 Å². The van der Waals surface area contributed by atoms with Gasteiger partial charge < -0.3 is 5.11 Å². The van der Waals surface area contributed by atoms with Crippen LogP contribution in [0.15, 0.2) is 17.5 Å². The SMILES string of the molecule is CCc1nc2sc(CC)c(-c3cccs3)n2c1C(=O)O. The van der Waals surface area contributed by atoms with Crippen LogP contribution in [0.4, 0.5) is 0 Å². The van der Waals surface area contributed by atoms with Gasteiger partial charge in [-0.25, -0.2) is 9.78 Å². The van der Waals surface area contributed by atoms with Gasteiger partial charge in [0.2, 0.25) is 0 Å². The number of nitrogens with zero attached hydrogens (tertiary/aromatic N) is 2. The first kappa shape index (κ1) is 13.3. The second-order valence-electron chi connectivity index (χ2n) is 4.39. The highest BCUT2D eigenvalue weighted by Crippen LogP contribution is 2.36. The zero-order chi connectivity index (χ0) is 14.3. The standard InChI is InChI=1S/C14H14N2O2S2/c1-3-8-11(13(17)18)16-12(10-6-5-7-19-10)9(4-2)20-14(16)15-8/h5-7H,3-4H2,1-2H3,(H,17,18). The van der Waals surface area contributed by atoms with Crippen LogP contribution in [0.3, 0.4) is 0 Å². The van der Waals surface area contributed by atoms with E-state index in [2.05, 4.69) is 11.9 Å². The molecule has 20 heavy (non-hydrogen) atoms. The quantitative estimate of drug-likeness (QED) is 0.794. The van der Waals surface area contributed by atoms with Gasteiger partial charge in [-0.05, 0) is 24.3 Å². The zero-order valence-electron chi connectivity index (χ0n) is 11.2. The molecule has 104 valence electrons. The predicted octanol–water partition coefficient (Wildman–Crippen LogP) is 3.95. The van der Waals surface area contributed by atoms with Crippen molar-refractivity contribution in [2.75, 3.05) is 0 Å². The minimum absolute atomic E-state index is 0.307. The molecule has 6 heteroatoms. The Morgan fingerprint density at radius 1 is 1.40 bits per heavy atom. The molecule has 0 saturated heterocycles. The smallest absolute Gasteiger partial charge is 0.354 e. The number of aromatic carboxylic acids is 1. The van der Waals surface area contributed by atoms with Gasteiger partial charge in [-0.2, -0.15) is 0 Å². The summed E-state index contributed by atoms with van der Waals surface area (Å²) in [4.78, 5) is 19.2. The van der Waals surface area contributed by atoms with Crippen LogP contribution in [-0.4, -0.2) is 20.5 Å². The first-order chi connectivity index (χ1) is 9.67. The van der Waals surface area contributed by atoms with Crippen LogP contribution in [0.1, 0.15) is 34.9 Å². The van der Waals surface area contributed by atoms with Crippen molar-refractivity contribution in [1.82, 2.24) is 9.38 Å². The van der Waals surface area contributed by atoms with Crippen LogP contribution < -0.4 is 0 Å². The number of hydrogen-bond donors (Lipinski definition) is 1. The predicted molar refractivity (Wildman–Crippen MR) is 82.1 cm³/mol. The maximum atomic E-state index is 11.6. The highest BCUT2D eigenvalue weighted by atomic mass is 32.1. The molecule has 0 amide bonds. The zero-order valence-corrected chi connectivity index (χ0v) is 12.8. The molecule has 0 aliphatic heterocycles. The average molecular weight is 306 g/mol. The average Bonchev–Trinajstić information content (AvgIpc) is 3.11.